The Labute approximate surface area is 77.5 Å². The van der Waals surface area contributed by atoms with Gasteiger partial charge < -0.3 is 0 Å². The minimum Gasteiger partial charge on any atom is -0.298 e. The maximum absolute atomic E-state index is 10.8. The van der Waals surface area contributed by atoms with Crippen molar-refractivity contribution in [3.63, 3.8) is 0 Å². The van der Waals surface area contributed by atoms with E-state index in [4.69, 9.17) is 0 Å². The van der Waals surface area contributed by atoms with Gasteiger partial charge in [0.05, 0.1) is 5.69 Å². The minimum absolute atomic E-state index is 0.0275. The average molecular weight is 176 g/mol. The molecule has 0 aliphatic rings. The van der Waals surface area contributed by atoms with Crippen LogP contribution in [-0.4, -0.2) is 11.8 Å². The van der Waals surface area contributed by atoms with E-state index in [0.717, 1.165) is 5.69 Å². The van der Waals surface area contributed by atoms with E-state index in [-0.39, 0.29) is 11.8 Å². The Morgan fingerprint density at radius 2 is 1.92 bits per heavy atom. The van der Waals surface area contributed by atoms with E-state index in [2.05, 4.69) is 10.2 Å². The molecule has 13 heavy (non-hydrogen) atoms. The zero-order chi connectivity index (χ0) is 9.68. The summed E-state index contributed by atoms with van der Waals surface area (Å²) < 4.78 is 0. The quantitative estimate of drug-likeness (QED) is 0.653. The van der Waals surface area contributed by atoms with Crippen LogP contribution in [0.25, 0.3) is 0 Å². The molecule has 0 spiro atoms. The number of carbonyl (C=O) groups is 1. The lowest BCUT2D eigenvalue weighted by Crippen LogP contribution is -2.08. The van der Waals surface area contributed by atoms with Gasteiger partial charge in [-0.15, -0.1) is 0 Å². The Bertz CT molecular complexity index is 306. The summed E-state index contributed by atoms with van der Waals surface area (Å²) in [4.78, 5) is 10.8. The molecule has 0 bridgehead atoms. The lowest BCUT2D eigenvalue weighted by atomic mass is 10.3. The largest absolute Gasteiger partial charge is 0.298 e. The number of nitrogens with zero attached hydrogens (tertiary/aromatic N) is 2. The van der Waals surface area contributed by atoms with E-state index in [1.165, 1.54) is 6.92 Å². The summed E-state index contributed by atoms with van der Waals surface area (Å²) in [6.45, 7) is 3.24. The third-order valence-electron chi connectivity index (χ3n) is 1.69. The molecule has 0 amide bonds. The third-order valence-corrected chi connectivity index (χ3v) is 1.69. The Hall–Kier alpha value is -1.51. The minimum atomic E-state index is -0.347. The molecule has 1 atom stereocenters. The van der Waals surface area contributed by atoms with Crippen LogP contribution in [-0.2, 0) is 4.79 Å². The van der Waals surface area contributed by atoms with Crippen molar-refractivity contribution in [1.82, 2.24) is 0 Å². The van der Waals surface area contributed by atoms with E-state index in [0.29, 0.717) is 0 Å². The highest BCUT2D eigenvalue weighted by molar-refractivity contribution is 5.80. The van der Waals surface area contributed by atoms with E-state index < -0.39 is 0 Å². The molecule has 0 fully saturated rings. The number of ketones is 1. The van der Waals surface area contributed by atoms with Gasteiger partial charge in [-0.1, -0.05) is 18.2 Å². The smallest absolute Gasteiger partial charge is 0.155 e. The summed E-state index contributed by atoms with van der Waals surface area (Å²) in [5.74, 6) is 0.0275. The van der Waals surface area contributed by atoms with Crippen LogP contribution in [0.4, 0.5) is 5.69 Å². The van der Waals surface area contributed by atoms with Crippen LogP contribution < -0.4 is 0 Å². The molecule has 0 aliphatic carbocycles. The van der Waals surface area contributed by atoms with Crippen molar-refractivity contribution < 1.29 is 4.79 Å². The number of carbonyl (C=O) groups excluding carboxylic acids is 1. The summed E-state index contributed by atoms with van der Waals surface area (Å²) in [6, 6.07) is 9.01. The number of azo groups is 1. The predicted octanol–water partition coefficient (Wildman–Crippen LogP) is 2.75. The Morgan fingerprint density at radius 1 is 1.31 bits per heavy atom. The average Bonchev–Trinajstić information content (AvgIpc) is 2.15. The van der Waals surface area contributed by atoms with Crippen molar-refractivity contribution in [2.75, 3.05) is 0 Å². The monoisotopic (exact) mass is 176 g/mol. The van der Waals surface area contributed by atoms with Gasteiger partial charge in [-0.25, -0.2) is 0 Å². The first-order valence-corrected chi connectivity index (χ1v) is 4.16. The lowest BCUT2D eigenvalue weighted by molar-refractivity contribution is -0.117. The van der Waals surface area contributed by atoms with Crippen LogP contribution in [0.2, 0.25) is 0 Å². The van der Waals surface area contributed by atoms with Crippen molar-refractivity contribution >= 4 is 11.5 Å². The van der Waals surface area contributed by atoms with E-state index >= 15 is 0 Å². The van der Waals surface area contributed by atoms with Crippen LogP contribution in [0.5, 0.6) is 0 Å². The van der Waals surface area contributed by atoms with E-state index in [9.17, 15) is 4.79 Å². The highest BCUT2D eigenvalue weighted by atomic mass is 16.1. The molecule has 0 heterocycles. The van der Waals surface area contributed by atoms with Crippen molar-refractivity contribution in [2.45, 2.75) is 19.9 Å². The molecule has 0 radical (unpaired) electrons. The van der Waals surface area contributed by atoms with Crippen molar-refractivity contribution in [2.24, 2.45) is 10.2 Å². The van der Waals surface area contributed by atoms with Gasteiger partial charge in [0, 0.05) is 0 Å². The summed E-state index contributed by atoms with van der Waals surface area (Å²) in [5.41, 5.74) is 0.774. The highest BCUT2D eigenvalue weighted by Gasteiger charge is 2.03. The molecule has 3 nitrogen and oxygen atoms in total. The zero-order valence-electron chi connectivity index (χ0n) is 7.77. The fraction of sp³-hybridized carbons (Fsp3) is 0.300. The van der Waals surface area contributed by atoms with Crippen LogP contribution >= 0.6 is 0 Å². The fourth-order valence-electron chi connectivity index (χ4n) is 0.729. The summed E-state index contributed by atoms with van der Waals surface area (Å²) in [5, 5.41) is 7.80. The molecule has 3 heteroatoms. The predicted molar refractivity (Wildman–Crippen MR) is 51.1 cm³/mol. The van der Waals surface area contributed by atoms with Crippen LogP contribution in [0, 0.1) is 0 Å². The lowest BCUT2D eigenvalue weighted by Gasteiger charge is -1.97. The van der Waals surface area contributed by atoms with Gasteiger partial charge in [0.15, 0.2) is 5.78 Å². The molecule has 0 aliphatic heterocycles. The Morgan fingerprint density at radius 3 is 2.46 bits per heavy atom. The number of benzene rings is 1. The third kappa shape index (κ3) is 3.15. The molecule has 68 valence electrons. The van der Waals surface area contributed by atoms with Crippen LogP contribution in [0.1, 0.15) is 13.8 Å². The number of Topliss-reactive ketones (excluding diaryl/α,β-unsaturated/α-hetero) is 1. The fourth-order valence-corrected chi connectivity index (χ4v) is 0.729. The second-order valence-corrected chi connectivity index (χ2v) is 2.84. The van der Waals surface area contributed by atoms with Crippen LogP contribution in [0.3, 0.4) is 0 Å². The molecule has 1 aromatic rings. The maximum Gasteiger partial charge on any atom is 0.155 e. The summed E-state index contributed by atoms with van der Waals surface area (Å²) in [7, 11) is 0. The van der Waals surface area contributed by atoms with Crippen molar-refractivity contribution in [3.8, 4) is 0 Å². The van der Waals surface area contributed by atoms with Crippen LogP contribution in [0.15, 0.2) is 40.6 Å². The van der Waals surface area contributed by atoms with Gasteiger partial charge in [0.1, 0.15) is 6.04 Å². The summed E-state index contributed by atoms with van der Waals surface area (Å²) in [6.07, 6.45) is 0. The first-order chi connectivity index (χ1) is 6.20. The van der Waals surface area contributed by atoms with Gasteiger partial charge >= 0.3 is 0 Å². The number of hydrogen-bond acceptors (Lipinski definition) is 3. The summed E-state index contributed by atoms with van der Waals surface area (Å²) >= 11 is 0. The standard InChI is InChI=1S/C10H12N2O/c1-8(9(2)13)11-12-10-6-4-3-5-7-10/h3-8H,1-2H3. The van der Waals surface area contributed by atoms with Gasteiger partial charge in [-0.2, -0.15) is 10.2 Å². The zero-order valence-corrected chi connectivity index (χ0v) is 7.77. The van der Waals surface area contributed by atoms with E-state index in [1.807, 2.05) is 30.3 Å². The van der Waals surface area contributed by atoms with Gasteiger partial charge in [-0.05, 0) is 26.0 Å². The molecular weight excluding hydrogens is 164 g/mol. The van der Waals surface area contributed by atoms with Gasteiger partial charge in [0.25, 0.3) is 0 Å². The second kappa shape index (κ2) is 4.50. The number of hydrogen-bond donors (Lipinski definition) is 0. The first kappa shape index (κ1) is 9.58. The highest BCUT2D eigenvalue weighted by Crippen LogP contribution is 2.11. The molecule has 0 saturated carbocycles. The molecule has 0 N–H and O–H groups in total. The number of rotatable bonds is 3. The molecule has 1 rings (SSSR count). The maximum atomic E-state index is 10.8. The molecule has 1 unspecified atom stereocenters. The normalized spacial score (nSPS) is 13.1. The SMILES string of the molecule is CC(=O)C(C)N=Nc1ccccc1. The van der Waals surface area contributed by atoms with Gasteiger partial charge in [0.2, 0.25) is 0 Å². The molecule has 1 aromatic carbocycles. The molecule has 0 saturated heterocycles. The molecule has 0 aromatic heterocycles. The Kier molecular flexibility index (Phi) is 3.31. The second-order valence-electron chi connectivity index (χ2n) is 2.84. The Balaban J connectivity index is 2.64. The van der Waals surface area contributed by atoms with Gasteiger partial charge in [-0.3, -0.25) is 4.79 Å². The van der Waals surface area contributed by atoms with Crippen molar-refractivity contribution in [3.05, 3.63) is 30.3 Å². The van der Waals surface area contributed by atoms with E-state index in [1.54, 1.807) is 6.92 Å². The topological polar surface area (TPSA) is 41.8 Å². The first-order valence-electron chi connectivity index (χ1n) is 4.16. The van der Waals surface area contributed by atoms with Crippen molar-refractivity contribution in [1.29, 1.82) is 0 Å². The molecular formula is C10H12N2O.